The molecule has 0 saturated carbocycles. The molecule has 1 aliphatic rings. The predicted molar refractivity (Wildman–Crippen MR) is 70.2 cm³/mol. The minimum atomic E-state index is 0.345. The van der Waals surface area contributed by atoms with Crippen LogP contribution < -0.4 is 5.73 Å². The largest absolute Gasteiger partial charge is 0.409 e. The second-order valence-corrected chi connectivity index (χ2v) is 5.66. The van der Waals surface area contributed by atoms with Gasteiger partial charge in [-0.3, -0.25) is 4.90 Å². The number of amidine groups is 1. The van der Waals surface area contributed by atoms with Gasteiger partial charge in [0.2, 0.25) is 0 Å². The van der Waals surface area contributed by atoms with Gasteiger partial charge in [-0.05, 0) is 12.8 Å². The third kappa shape index (κ3) is 3.87. The molecule has 4 nitrogen and oxygen atoms in total. The Morgan fingerprint density at radius 2 is 2.38 bits per heavy atom. The van der Waals surface area contributed by atoms with Crippen molar-refractivity contribution in [3.63, 3.8) is 0 Å². The minimum Gasteiger partial charge on any atom is -0.409 e. The molecule has 0 aliphatic carbocycles. The molecule has 1 aliphatic heterocycles. The van der Waals surface area contributed by atoms with Crippen LogP contribution in [-0.2, 0) is 0 Å². The first kappa shape index (κ1) is 13.6. The van der Waals surface area contributed by atoms with E-state index in [1.165, 1.54) is 12.2 Å². The van der Waals surface area contributed by atoms with Gasteiger partial charge in [-0.25, -0.2) is 0 Å². The molecule has 0 radical (unpaired) electrons. The molecule has 0 aromatic carbocycles. The number of nitrogens with two attached hydrogens (primary N) is 1. The Kier molecular flexibility index (Phi) is 5.98. The normalized spacial score (nSPS) is 25.6. The zero-order valence-corrected chi connectivity index (χ0v) is 11.0. The molecule has 1 rings (SSSR count). The molecule has 1 heterocycles. The van der Waals surface area contributed by atoms with E-state index in [2.05, 4.69) is 35.7 Å². The molecule has 0 aromatic rings. The third-order valence-electron chi connectivity index (χ3n) is 3.19. The lowest BCUT2D eigenvalue weighted by Crippen LogP contribution is -2.45. The Hall–Kier alpha value is -0.420. The van der Waals surface area contributed by atoms with E-state index >= 15 is 0 Å². The number of hydrogen-bond acceptors (Lipinski definition) is 4. The van der Waals surface area contributed by atoms with Crippen molar-refractivity contribution in [1.29, 1.82) is 0 Å². The van der Waals surface area contributed by atoms with Gasteiger partial charge in [-0.1, -0.05) is 19.0 Å². The summed E-state index contributed by atoms with van der Waals surface area (Å²) in [5, 5.41) is 12.4. The molecule has 2 unspecified atom stereocenters. The summed E-state index contributed by atoms with van der Waals surface area (Å²) < 4.78 is 0. The lowest BCUT2D eigenvalue weighted by Gasteiger charge is -2.37. The smallest absolute Gasteiger partial charge is 0.140 e. The summed E-state index contributed by atoms with van der Waals surface area (Å²) in [6.45, 7) is 6.67. The maximum absolute atomic E-state index is 8.62. The molecule has 1 saturated heterocycles. The Labute approximate surface area is 102 Å². The van der Waals surface area contributed by atoms with E-state index in [1.54, 1.807) is 0 Å². The van der Waals surface area contributed by atoms with Crippen LogP contribution in [0.5, 0.6) is 0 Å². The van der Waals surface area contributed by atoms with Gasteiger partial charge in [-0.2, -0.15) is 11.8 Å². The number of nitrogens with zero attached hydrogens (tertiary/aromatic N) is 2. The average molecular weight is 245 g/mol. The summed E-state index contributed by atoms with van der Waals surface area (Å²) in [6.07, 6.45) is 2.95. The van der Waals surface area contributed by atoms with E-state index in [0.29, 0.717) is 18.3 Å². The fourth-order valence-corrected chi connectivity index (χ4v) is 3.34. The van der Waals surface area contributed by atoms with E-state index in [9.17, 15) is 0 Å². The van der Waals surface area contributed by atoms with Crippen molar-refractivity contribution in [2.24, 2.45) is 10.9 Å². The summed E-state index contributed by atoms with van der Waals surface area (Å²) in [6, 6.07) is 0.422. The molecule has 2 atom stereocenters. The zero-order valence-electron chi connectivity index (χ0n) is 10.2. The van der Waals surface area contributed by atoms with E-state index in [-0.39, 0.29) is 0 Å². The van der Waals surface area contributed by atoms with Crippen LogP contribution in [0, 0.1) is 0 Å². The van der Waals surface area contributed by atoms with Crippen molar-refractivity contribution in [1.82, 2.24) is 4.90 Å². The first-order chi connectivity index (χ1) is 7.71. The Morgan fingerprint density at radius 1 is 1.62 bits per heavy atom. The molecule has 0 aromatic heterocycles. The van der Waals surface area contributed by atoms with Gasteiger partial charge in [0.1, 0.15) is 5.84 Å². The lowest BCUT2D eigenvalue weighted by atomic mass is 10.1. The summed E-state index contributed by atoms with van der Waals surface area (Å²) in [7, 11) is 0. The lowest BCUT2D eigenvalue weighted by molar-refractivity contribution is 0.199. The number of hydrogen-bond donors (Lipinski definition) is 2. The molecule has 16 heavy (non-hydrogen) atoms. The third-order valence-corrected chi connectivity index (χ3v) is 4.56. The summed E-state index contributed by atoms with van der Waals surface area (Å²) >= 11 is 2.07. The van der Waals surface area contributed by atoms with Crippen LogP contribution in [0.1, 0.15) is 33.1 Å². The van der Waals surface area contributed by atoms with Gasteiger partial charge in [0.15, 0.2) is 0 Å². The predicted octanol–water partition coefficient (Wildman–Crippen LogP) is 1.73. The van der Waals surface area contributed by atoms with Gasteiger partial charge in [-0.15, -0.1) is 0 Å². The van der Waals surface area contributed by atoms with Gasteiger partial charge < -0.3 is 10.9 Å². The first-order valence-electron chi connectivity index (χ1n) is 6.03. The SMILES string of the molecule is CCC1CN(C(CC)CC(N)=NO)CCS1. The topological polar surface area (TPSA) is 61.8 Å². The van der Waals surface area contributed by atoms with Crippen LogP contribution in [-0.4, -0.2) is 46.1 Å². The van der Waals surface area contributed by atoms with E-state index in [1.807, 2.05) is 0 Å². The van der Waals surface area contributed by atoms with E-state index in [4.69, 9.17) is 10.9 Å². The van der Waals surface area contributed by atoms with E-state index in [0.717, 1.165) is 24.8 Å². The maximum Gasteiger partial charge on any atom is 0.140 e. The minimum absolute atomic E-state index is 0.345. The fourth-order valence-electron chi connectivity index (χ4n) is 2.13. The summed E-state index contributed by atoms with van der Waals surface area (Å²) in [4.78, 5) is 2.49. The van der Waals surface area contributed by atoms with Crippen molar-refractivity contribution >= 4 is 17.6 Å². The highest BCUT2D eigenvalue weighted by Crippen LogP contribution is 2.24. The van der Waals surface area contributed by atoms with Gasteiger partial charge >= 0.3 is 0 Å². The number of thioether (sulfide) groups is 1. The van der Waals surface area contributed by atoms with Crippen LogP contribution in [0.15, 0.2) is 5.16 Å². The quantitative estimate of drug-likeness (QED) is 0.335. The van der Waals surface area contributed by atoms with Crippen LogP contribution in [0.2, 0.25) is 0 Å². The molecule has 94 valence electrons. The highest BCUT2D eigenvalue weighted by Gasteiger charge is 2.24. The number of rotatable bonds is 5. The molecule has 0 spiro atoms. The van der Waals surface area contributed by atoms with Crippen molar-refractivity contribution in [3.05, 3.63) is 0 Å². The highest BCUT2D eigenvalue weighted by molar-refractivity contribution is 8.00. The molecular weight excluding hydrogens is 222 g/mol. The molecule has 1 fully saturated rings. The van der Waals surface area contributed by atoms with E-state index < -0.39 is 0 Å². The maximum atomic E-state index is 8.62. The summed E-state index contributed by atoms with van der Waals surface area (Å²) in [5.74, 6) is 1.55. The van der Waals surface area contributed by atoms with Crippen molar-refractivity contribution in [2.75, 3.05) is 18.8 Å². The average Bonchev–Trinajstić information content (AvgIpc) is 2.35. The van der Waals surface area contributed by atoms with Crippen molar-refractivity contribution in [3.8, 4) is 0 Å². The fraction of sp³-hybridized carbons (Fsp3) is 0.909. The molecular formula is C11H23N3OS. The van der Waals surface area contributed by atoms with Gasteiger partial charge in [0, 0.05) is 36.6 Å². The monoisotopic (exact) mass is 245 g/mol. The van der Waals surface area contributed by atoms with Crippen LogP contribution in [0.4, 0.5) is 0 Å². The zero-order chi connectivity index (χ0) is 12.0. The molecule has 0 amide bonds. The van der Waals surface area contributed by atoms with Crippen molar-refractivity contribution in [2.45, 2.75) is 44.4 Å². The second-order valence-electron chi connectivity index (χ2n) is 4.25. The van der Waals surface area contributed by atoms with Gasteiger partial charge in [0.05, 0.1) is 0 Å². The molecule has 0 bridgehead atoms. The Balaban J connectivity index is 2.51. The molecule has 3 N–H and O–H groups in total. The van der Waals surface area contributed by atoms with Crippen molar-refractivity contribution < 1.29 is 5.21 Å². The summed E-state index contributed by atoms with van der Waals surface area (Å²) in [5.41, 5.74) is 5.59. The second kappa shape index (κ2) is 7.01. The first-order valence-corrected chi connectivity index (χ1v) is 7.08. The Morgan fingerprint density at radius 3 is 2.94 bits per heavy atom. The van der Waals surface area contributed by atoms with Gasteiger partial charge in [0.25, 0.3) is 0 Å². The molecule has 5 heteroatoms. The Bertz CT molecular complexity index is 235. The van der Waals surface area contributed by atoms with Crippen LogP contribution in [0.25, 0.3) is 0 Å². The standard InChI is InChI=1S/C11H23N3OS/c1-3-9(7-11(12)13-15)14-5-6-16-10(4-2)8-14/h9-10,15H,3-8H2,1-2H3,(H2,12,13). The van der Waals surface area contributed by atoms with Crippen LogP contribution in [0.3, 0.4) is 0 Å². The number of oxime groups is 1. The highest BCUT2D eigenvalue weighted by atomic mass is 32.2. The van der Waals surface area contributed by atoms with Crippen LogP contribution >= 0.6 is 11.8 Å².